The third-order valence-electron chi connectivity index (χ3n) is 4.98. The average molecular weight is 328 g/mol. The van der Waals surface area contributed by atoms with Gasteiger partial charge in [-0.05, 0) is 24.5 Å². The Kier molecular flexibility index (Phi) is 4.72. The fourth-order valence-electron chi connectivity index (χ4n) is 3.91. The summed E-state index contributed by atoms with van der Waals surface area (Å²) in [4.78, 5) is 15.4. The third kappa shape index (κ3) is 2.55. The molecule has 0 radical (unpaired) electrons. The van der Waals surface area contributed by atoms with Crippen molar-refractivity contribution >= 4 is 17.5 Å². The summed E-state index contributed by atoms with van der Waals surface area (Å²) in [5, 5.41) is 0. The molecule has 3 rings (SSSR count). The van der Waals surface area contributed by atoms with Crippen molar-refractivity contribution in [1.82, 2.24) is 4.90 Å². The monoisotopic (exact) mass is 327 g/mol. The number of halogens is 1. The van der Waals surface area contributed by atoms with Crippen LogP contribution in [0.3, 0.4) is 0 Å². The van der Waals surface area contributed by atoms with Crippen molar-refractivity contribution in [2.75, 3.05) is 19.0 Å². The van der Waals surface area contributed by atoms with Crippen LogP contribution in [-0.2, 0) is 10.2 Å². The van der Waals surface area contributed by atoms with Gasteiger partial charge in [0.1, 0.15) is 5.41 Å². The van der Waals surface area contributed by atoms with Crippen LogP contribution in [0.25, 0.3) is 0 Å². The quantitative estimate of drug-likeness (QED) is 0.758. The molecule has 1 heterocycles. The molecule has 1 aliphatic rings. The highest BCUT2D eigenvalue weighted by atomic mass is 35.5. The van der Waals surface area contributed by atoms with E-state index in [0.717, 1.165) is 30.6 Å². The highest BCUT2D eigenvalue weighted by Crippen LogP contribution is 2.47. The van der Waals surface area contributed by atoms with E-state index in [1.807, 2.05) is 48.2 Å². The van der Waals surface area contributed by atoms with Crippen LogP contribution in [0, 0.1) is 5.92 Å². The predicted molar refractivity (Wildman–Crippen MR) is 94.7 cm³/mol. The van der Waals surface area contributed by atoms with Crippen LogP contribution in [0.4, 0.5) is 0 Å². The van der Waals surface area contributed by atoms with Gasteiger partial charge in [-0.3, -0.25) is 4.79 Å². The lowest BCUT2D eigenvalue weighted by Gasteiger charge is -2.34. The number of hydrogen-bond acceptors (Lipinski definition) is 1. The molecule has 2 aromatic carbocycles. The lowest BCUT2D eigenvalue weighted by atomic mass is 9.66. The highest BCUT2D eigenvalue weighted by molar-refractivity contribution is 6.17. The molecular weight excluding hydrogens is 306 g/mol. The van der Waals surface area contributed by atoms with Gasteiger partial charge in [0.05, 0.1) is 0 Å². The summed E-state index contributed by atoms with van der Waals surface area (Å²) in [6.45, 7) is 3.55. The third-order valence-corrected chi connectivity index (χ3v) is 5.19. The number of carbonyl (C=O) groups is 1. The molecule has 0 N–H and O–H groups in total. The van der Waals surface area contributed by atoms with Crippen LogP contribution in [0.1, 0.15) is 24.5 Å². The lowest BCUT2D eigenvalue weighted by molar-refractivity contribution is -0.131. The Labute approximate surface area is 143 Å². The molecule has 3 heteroatoms. The first-order chi connectivity index (χ1) is 11.2. The summed E-state index contributed by atoms with van der Waals surface area (Å²) >= 11 is 6.09. The Hall–Kier alpha value is -1.80. The maximum absolute atomic E-state index is 13.4. The number of rotatable bonds is 5. The number of nitrogens with zero attached hydrogens (tertiary/aromatic N) is 1. The Morgan fingerprint density at radius 3 is 2.00 bits per heavy atom. The second-order valence-corrected chi connectivity index (χ2v) is 6.44. The number of benzene rings is 2. The molecule has 1 saturated heterocycles. The normalized spacial score (nSPS) is 20.0. The molecular formula is C20H22ClNO. The minimum absolute atomic E-state index is 0.192. The van der Waals surface area contributed by atoms with Gasteiger partial charge < -0.3 is 4.90 Å². The van der Waals surface area contributed by atoms with E-state index in [1.54, 1.807) is 0 Å². The number of alkyl halides is 1. The highest BCUT2D eigenvalue weighted by Gasteiger charge is 2.55. The molecule has 0 aromatic heterocycles. The molecule has 2 aromatic rings. The average Bonchev–Trinajstić information content (AvgIpc) is 2.89. The fourth-order valence-corrected chi connectivity index (χ4v) is 4.17. The van der Waals surface area contributed by atoms with Crippen LogP contribution in [-0.4, -0.2) is 29.8 Å². The predicted octanol–water partition coefficient (Wildman–Crippen LogP) is 4.08. The minimum Gasteiger partial charge on any atom is -0.342 e. The molecule has 0 aliphatic carbocycles. The number of hydrogen-bond donors (Lipinski definition) is 0. The van der Waals surface area contributed by atoms with Gasteiger partial charge in [-0.1, -0.05) is 60.7 Å². The summed E-state index contributed by atoms with van der Waals surface area (Å²) in [6, 6.07) is 20.3. The van der Waals surface area contributed by atoms with Crippen LogP contribution in [0.5, 0.6) is 0 Å². The SMILES string of the molecule is CCN1C[C@H](CCCl)C(c2ccccc2)(c2ccccc2)C1=O. The largest absolute Gasteiger partial charge is 0.342 e. The molecule has 23 heavy (non-hydrogen) atoms. The number of likely N-dealkylation sites (tertiary alicyclic amines) is 1. The zero-order chi connectivity index (χ0) is 16.3. The van der Waals surface area contributed by atoms with Crippen molar-refractivity contribution in [2.24, 2.45) is 5.92 Å². The van der Waals surface area contributed by atoms with Gasteiger partial charge in [-0.2, -0.15) is 0 Å². The zero-order valence-electron chi connectivity index (χ0n) is 13.4. The lowest BCUT2D eigenvalue weighted by Crippen LogP contribution is -2.42. The van der Waals surface area contributed by atoms with Crippen LogP contribution in [0.2, 0.25) is 0 Å². The Morgan fingerprint density at radius 2 is 1.57 bits per heavy atom. The summed E-state index contributed by atoms with van der Waals surface area (Å²) in [6.07, 6.45) is 0.827. The van der Waals surface area contributed by atoms with Crippen molar-refractivity contribution in [3.8, 4) is 0 Å². The van der Waals surface area contributed by atoms with Crippen molar-refractivity contribution in [3.63, 3.8) is 0 Å². The van der Waals surface area contributed by atoms with Crippen molar-refractivity contribution < 1.29 is 4.79 Å². The van der Waals surface area contributed by atoms with Crippen molar-refractivity contribution in [3.05, 3.63) is 71.8 Å². The van der Waals surface area contributed by atoms with E-state index < -0.39 is 5.41 Å². The van der Waals surface area contributed by atoms with E-state index >= 15 is 0 Å². The summed E-state index contributed by atoms with van der Waals surface area (Å²) < 4.78 is 0. The van der Waals surface area contributed by atoms with E-state index in [2.05, 4.69) is 24.3 Å². The van der Waals surface area contributed by atoms with E-state index in [0.29, 0.717) is 5.88 Å². The molecule has 120 valence electrons. The standard InChI is InChI=1S/C20H22ClNO/c1-2-22-15-18(13-14-21)20(19(22)23,16-9-5-3-6-10-16)17-11-7-4-8-12-17/h3-12,18H,2,13-15H2,1H3/t18-/m0/s1. The zero-order valence-corrected chi connectivity index (χ0v) is 14.2. The maximum Gasteiger partial charge on any atom is 0.238 e. The summed E-state index contributed by atoms with van der Waals surface area (Å²) in [7, 11) is 0. The van der Waals surface area contributed by atoms with Gasteiger partial charge in [-0.15, -0.1) is 11.6 Å². The maximum atomic E-state index is 13.4. The molecule has 0 spiro atoms. The van der Waals surface area contributed by atoms with Crippen LogP contribution >= 0.6 is 11.6 Å². The van der Waals surface area contributed by atoms with Gasteiger partial charge in [0.25, 0.3) is 0 Å². The first kappa shape index (κ1) is 16.1. The van der Waals surface area contributed by atoms with Crippen LogP contribution < -0.4 is 0 Å². The molecule has 1 amide bonds. The van der Waals surface area contributed by atoms with Gasteiger partial charge in [0.2, 0.25) is 5.91 Å². The molecule has 0 unspecified atom stereocenters. The fraction of sp³-hybridized carbons (Fsp3) is 0.350. The van der Waals surface area contributed by atoms with E-state index in [1.165, 1.54) is 0 Å². The van der Waals surface area contributed by atoms with E-state index in [4.69, 9.17) is 11.6 Å². The van der Waals surface area contributed by atoms with E-state index in [9.17, 15) is 4.79 Å². The Bertz CT molecular complexity index is 616. The second-order valence-electron chi connectivity index (χ2n) is 6.06. The molecule has 0 bridgehead atoms. The minimum atomic E-state index is -0.618. The first-order valence-electron chi connectivity index (χ1n) is 8.21. The molecule has 0 saturated carbocycles. The first-order valence-corrected chi connectivity index (χ1v) is 8.75. The number of carbonyl (C=O) groups excluding carboxylic acids is 1. The Balaban J connectivity index is 2.24. The Morgan fingerprint density at radius 1 is 1.04 bits per heavy atom. The summed E-state index contributed by atoms with van der Waals surface area (Å²) in [5.41, 5.74) is 1.53. The molecule has 1 atom stereocenters. The molecule has 1 fully saturated rings. The van der Waals surface area contributed by atoms with Crippen LogP contribution in [0.15, 0.2) is 60.7 Å². The topological polar surface area (TPSA) is 20.3 Å². The van der Waals surface area contributed by atoms with Crippen molar-refractivity contribution in [1.29, 1.82) is 0 Å². The summed E-state index contributed by atoms with van der Waals surface area (Å²) in [5.74, 6) is 0.960. The van der Waals surface area contributed by atoms with Gasteiger partial charge in [-0.25, -0.2) is 0 Å². The van der Waals surface area contributed by atoms with Gasteiger partial charge >= 0.3 is 0 Å². The van der Waals surface area contributed by atoms with Crippen molar-refractivity contribution in [2.45, 2.75) is 18.8 Å². The van der Waals surface area contributed by atoms with Gasteiger partial charge in [0.15, 0.2) is 0 Å². The second kappa shape index (κ2) is 6.76. The molecule has 2 nitrogen and oxygen atoms in total. The molecule has 1 aliphatic heterocycles. The van der Waals surface area contributed by atoms with Gasteiger partial charge in [0, 0.05) is 24.9 Å². The number of likely N-dealkylation sites (N-methyl/N-ethyl adjacent to an activating group) is 1. The smallest absolute Gasteiger partial charge is 0.238 e. The number of amides is 1. The van der Waals surface area contributed by atoms with E-state index in [-0.39, 0.29) is 11.8 Å².